The second kappa shape index (κ2) is 4.44. The average molecular weight is 286 g/mol. The summed E-state index contributed by atoms with van der Waals surface area (Å²) in [7, 11) is 0. The van der Waals surface area contributed by atoms with E-state index in [-0.39, 0.29) is 0 Å². The molecule has 0 amide bonds. The highest BCUT2D eigenvalue weighted by Crippen LogP contribution is 2.31. The van der Waals surface area contributed by atoms with E-state index in [1.807, 2.05) is 11.3 Å². The zero-order chi connectivity index (χ0) is 11.8. The van der Waals surface area contributed by atoms with Crippen LogP contribution in [0.15, 0.2) is 17.5 Å². The van der Waals surface area contributed by atoms with E-state index in [9.17, 15) is 0 Å². The highest BCUT2D eigenvalue weighted by atomic mass is 35.5. The highest BCUT2D eigenvalue weighted by Gasteiger charge is 2.20. The van der Waals surface area contributed by atoms with Crippen molar-refractivity contribution in [3.05, 3.63) is 38.3 Å². The van der Waals surface area contributed by atoms with Gasteiger partial charge in [-0.25, -0.2) is 0 Å². The standard InChI is InChI=1S/C11H9Cl2N3S/c12-10-5-8(11(13)15-14-10)16-3-1-9-7(6-16)2-4-17-9/h2,4-5H,1,3,6H2. The van der Waals surface area contributed by atoms with Gasteiger partial charge in [-0.05, 0) is 23.4 Å². The summed E-state index contributed by atoms with van der Waals surface area (Å²) in [5.74, 6) is 0. The van der Waals surface area contributed by atoms with E-state index < -0.39 is 0 Å². The van der Waals surface area contributed by atoms with E-state index in [1.165, 1.54) is 10.4 Å². The third-order valence-electron chi connectivity index (χ3n) is 2.85. The van der Waals surface area contributed by atoms with Crippen molar-refractivity contribution in [3.63, 3.8) is 0 Å². The van der Waals surface area contributed by atoms with Crippen LogP contribution in [-0.2, 0) is 13.0 Å². The van der Waals surface area contributed by atoms with Gasteiger partial charge in [0.05, 0.1) is 5.69 Å². The van der Waals surface area contributed by atoms with Crippen molar-refractivity contribution in [2.45, 2.75) is 13.0 Å². The predicted molar refractivity (Wildman–Crippen MR) is 71.1 cm³/mol. The molecule has 0 spiro atoms. The lowest BCUT2D eigenvalue weighted by atomic mass is 10.1. The lowest BCUT2D eigenvalue weighted by Crippen LogP contribution is -2.29. The first-order chi connectivity index (χ1) is 8.24. The number of rotatable bonds is 1. The van der Waals surface area contributed by atoms with Crippen molar-refractivity contribution in [2.75, 3.05) is 11.4 Å². The molecule has 0 radical (unpaired) electrons. The summed E-state index contributed by atoms with van der Waals surface area (Å²) in [6.45, 7) is 1.80. The van der Waals surface area contributed by atoms with Crippen molar-refractivity contribution in [1.29, 1.82) is 0 Å². The van der Waals surface area contributed by atoms with Crippen LogP contribution in [0.1, 0.15) is 10.4 Å². The Morgan fingerprint density at radius 1 is 1.29 bits per heavy atom. The summed E-state index contributed by atoms with van der Waals surface area (Å²) in [6, 6.07) is 3.94. The first kappa shape index (κ1) is 11.3. The third kappa shape index (κ3) is 2.12. The van der Waals surface area contributed by atoms with Gasteiger partial charge < -0.3 is 4.90 Å². The quantitative estimate of drug-likeness (QED) is 0.804. The van der Waals surface area contributed by atoms with Crippen LogP contribution in [0.3, 0.4) is 0 Å². The van der Waals surface area contributed by atoms with E-state index in [0.29, 0.717) is 10.3 Å². The van der Waals surface area contributed by atoms with Gasteiger partial charge in [0.25, 0.3) is 0 Å². The number of anilines is 1. The number of thiophene rings is 1. The Bertz CT molecular complexity index is 555. The van der Waals surface area contributed by atoms with Crippen LogP contribution in [0.4, 0.5) is 5.69 Å². The van der Waals surface area contributed by atoms with E-state index in [2.05, 4.69) is 26.5 Å². The number of nitrogens with zero attached hydrogens (tertiary/aromatic N) is 3. The number of aromatic nitrogens is 2. The molecule has 0 atom stereocenters. The molecule has 1 aliphatic heterocycles. The molecule has 0 unspecified atom stereocenters. The molecule has 0 fully saturated rings. The van der Waals surface area contributed by atoms with Crippen LogP contribution < -0.4 is 4.90 Å². The molecule has 0 bridgehead atoms. The fourth-order valence-corrected chi connectivity index (χ4v) is 3.26. The average Bonchev–Trinajstić information content (AvgIpc) is 2.79. The second-order valence-electron chi connectivity index (χ2n) is 3.88. The molecule has 2 aromatic heterocycles. The van der Waals surface area contributed by atoms with Gasteiger partial charge in [0.2, 0.25) is 0 Å². The second-order valence-corrected chi connectivity index (χ2v) is 5.63. The van der Waals surface area contributed by atoms with Crippen molar-refractivity contribution >= 4 is 40.2 Å². The highest BCUT2D eigenvalue weighted by molar-refractivity contribution is 7.10. The van der Waals surface area contributed by atoms with Gasteiger partial charge >= 0.3 is 0 Å². The molecular formula is C11H9Cl2N3S. The summed E-state index contributed by atoms with van der Waals surface area (Å²) in [4.78, 5) is 3.66. The fourth-order valence-electron chi connectivity index (χ4n) is 2.02. The molecule has 3 heterocycles. The molecule has 3 rings (SSSR count). The van der Waals surface area contributed by atoms with Gasteiger partial charge in [-0.15, -0.1) is 21.5 Å². The fraction of sp³-hybridized carbons (Fsp3) is 0.273. The minimum absolute atomic E-state index is 0.375. The largest absolute Gasteiger partial charge is 0.364 e. The molecule has 6 heteroatoms. The zero-order valence-corrected chi connectivity index (χ0v) is 11.2. The summed E-state index contributed by atoms with van der Waals surface area (Å²) >= 11 is 13.7. The maximum absolute atomic E-state index is 6.06. The molecule has 0 N–H and O–H groups in total. The van der Waals surface area contributed by atoms with Gasteiger partial charge in [0.15, 0.2) is 10.3 Å². The van der Waals surface area contributed by atoms with Crippen LogP contribution in [0, 0.1) is 0 Å². The van der Waals surface area contributed by atoms with Crippen molar-refractivity contribution in [2.24, 2.45) is 0 Å². The van der Waals surface area contributed by atoms with Crippen LogP contribution >= 0.6 is 34.5 Å². The number of hydrogen-bond acceptors (Lipinski definition) is 4. The van der Waals surface area contributed by atoms with Gasteiger partial charge in [-0.1, -0.05) is 23.2 Å². The van der Waals surface area contributed by atoms with Gasteiger partial charge in [0, 0.05) is 24.0 Å². The Labute approximate surface area is 113 Å². The molecule has 0 aliphatic carbocycles. The van der Waals surface area contributed by atoms with Crippen molar-refractivity contribution in [3.8, 4) is 0 Å². The molecule has 0 aromatic carbocycles. The van der Waals surface area contributed by atoms with Crippen LogP contribution in [0.25, 0.3) is 0 Å². The van der Waals surface area contributed by atoms with Crippen molar-refractivity contribution in [1.82, 2.24) is 10.2 Å². The first-order valence-corrected chi connectivity index (χ1v) is 6.86. The minimum Gasteiger partial charge on any atom is -0.364 e. The van der Waals surface area contributed by atoms with Gasteiger partial charge in [-0.3, -0.25) is 0 Å². The predicted octanol–water partition coefficient (Wildman–Crippen LogP) is 3.41. The first-order valence-electron chi connectivity index (χ1n) is 5.23. The monoisotopic (exact) mass is 285 g/mol. The zero-order valence-electron chi connectivity index (χ0n) is 8.86. The Morgan fingerprint density at radius 2 is 2.18 bits per heavy atom. The number of halogens is 2. The van der Waals surface area contributed by atoms with Gasteiger partial charge in [-0.2, -0.15) is 0 Å². The van der Waals surface area contributed by atoms with E-state index in [4.69, 9.17) is 23.2 Å². The summed E-state index contributed by atoms with van der Waals surface area (Å²) < 4.78 is 0. The van der Waals surface area contributed by atoms with Crippen LogP contribution in [0.2, 0.25) is 10.3 Å². The minimum atomic E-state index is 0.375. The molecule has 88 valence electrons. The summed E-state index contributed by atoms with van der Waals surface area (Å²) in [6.07, 6.45) is 1.04. The third-order valence-corrected chi connectivity index (χ3v) is 4.33. The summed E-state index contributed by atoms with van der Waals surface area (Å²) in [5.41, 5.74) is 2.23. The van der Waals surface area contributed by atoms with E-state index in [0.717, 1.165) is 25.2 Å². The Morgan fingerprint density at radius 3 is 3.06 bits per heavy atom. The topological polar surface area (TPSA) is 29.0 Å². The molecule has 17 heavy (non-hydrogen) atoms. The molecule has 1 aliphatic rings. The smallest absolute Gasteiger partial charge is 0.175 e. The summed E-state index contributed by atoms with van der Waals surface area (Å²) in [5, 5.41) is 10.5. The van der Waals surface area contributed by atoms with Crippen LogP contribution in [-0.4, -0.2) is 16.7 Å². The Balaban J connectivity index is 1.94. The van der Waals surface area contributed by atoms with Gasteiger partial charge in [0.1, 0.15) is 0 Å². The molecule has 2 aromatic rings. The number of fused-ring (bicyclic) bond motifs is 1. The van der Waals surface area contributed by atoms with E-state index in [1.54, 1.807) is 6.07 Å². The van der Waals surface area contributed by atoms with Crippen LogP contribution in [0.5, 0.6) is 0 Å². The SMILES string of the molecule is Clc1cc(N2CCc3sccc3C2)c(Cl)nn1. The normalized spacial score (nSPS) is 14.8. The number of hydrogen-bond donors (Lipinski definition) is 0. The molecule has 3 nitrogen and oxygen atoms in total. The molecular weight excluding hydrogens is 277 g/mol. The lowest BCUT2D eigenvalue weighted by Gasteiger charge is -2.29. The van der Waals surface area contributed by atoms with E-state index >= 15 is 0 Å². The molecule has 0 saturated heterocycles. The van der Waals surface area contributed by atoms with Crippen molar-refractivity contribution < 1.29 is 0 Å². The lowest BCUT2D eigenvalue weighted by molar-refractivity contribution is 0.739. The molecule has 0 saturated carbocycles. The maximum Gasteiger partial charge on any atom is 0.175 e. The Kier molecular flexibility index (Phi) is 2.94. The Hall–Kier alpha value is -0.840. The maximum atomic E-state index is 6.06.